The van der Waals surface area contributed by atoms with Crippen LogP contribution in [-0.2, 0) is 16.4 Å². The predicted octanol–water partition coefficient (Wildman–Crippen LogP) is 1.96. The van der Waals surface area contributed by atoms with E-state index in [9.17, 15) is 8.42 Å². The molecule has 0 aliphatic carbocycles. The molecule has 114 valence electrons. The van der Waals surface area contributed by atoms with Gasteiger partial charge in [0.2, 0.25) is 5.13 Å². The van der Waals surface area contributed by atoms with E-state index in [2.05, 4.69) is 14.9 Å². The van der Waals surface area contributed by atoms with Crippen molar-refractivity contribution in [1.82, 2.24) is 10.2 Å². The summed E-state index contributed by atoms with van der Waals surface area (Å²) in [4.78, 5) is 0.199. The molecule has 0 saturated carbocycles. The first kappa shape index (κ1) is 15.9. The first-order chi connectivity index (χ1) is 9.92. The van der Waals surface area contributed by atoms with E-state index in [-0.39, 0.29) is 15.9 Å². The van der Waals surface area contributed by atoms with Crippen molar-refractivity contribution in [2.24, 2.45) is 5.73 Å². The van der Waals surface area contributed by atoms with Crippen LogP contribution in [0.1, 0.15) is 30.3 Å². The molecule has 1 heterocycles. The molecule has 1 aromatic heterocycles. The molecular formula is C13H18N4O2S2. The fourth-order valence-corrected chi connectivity index (χ4v) is 3.66. The molecule has 0 radical (unpaired) electrons. The van der Waals surface area contributed by atoms with E-state index in [1.54, 1.807) is 24.3 Å². The summed E-state index contributed by atoms with van der Waals surface area (Å²) in [7, 11) is -3.63. The summed E-state index contributed by atoms with van der Waals surface area (Å²) in [6.45, 7) is 4.50. The minimum absolute atomic E-state index is 0.199. The molecule has 0 fully saturated rings. The molecule has 0 unspecified atom stereocenters. The second kappa shape index (κ2) is 6.50. The predicted molar refractivity (Wildman–Crippen MR) is 84.0 cm³/mol. The normalized spacial score (nSPS) is 11.8. The number of anilines is 1. The summed E-state index contributed by atoms with van der Waals surface area (Å²) in [5.41, 5.74) is 6.48. The van der Waals surface area contributed by atoms with Crippen LogP contribution in [0.15, 0.2) is 29.2 Å². The number of rotatable bonds is 6. The molecule has 1 aromatic carbocycles. The lowest BCUT2D eigenvalue weighted by molar-refractivity contribution is 0.601. The number of nitrogens with two attached hydrogens (primary N) is 1. The van der Waals surface area contributed by atoms with Crippen molar-refractivity contribution >= 4 is 26.5 Å². The standard InChI is InChI=1S/C13H18N4O2S2/c1-9(2)12-15-16-13(20-12)17-21(18,19)11-5-3-10(4-6-11)7-8-14/h3-6,9H,7-8,14H2,1-2H3,(H,16,17). The maximum Gasteiger partial charge on any atom is 0.263 e. The molecule has 0 amide bonds. The minimum atomic E-state index is -3.63. The quantitative estimate of drug-likeness (QED) is 0.845. The summed E-state index contributed by atoms with van der Waals surface area (Å²) in [5.74, 6) is 0.219. The summed E-state index contributed by atoms with van der Waals surface area (Å²) in [5, 5.41) is 8.90. The van der Waals surface area contributed by atoms with E-state index >= 15 is 0 Å². The summed E-state index contributed by atoms with van der Waals surface area (Å²) in [6, 6.07) is 6.66. The van der Waals surface area contributed by atoms with Gasteiger partial charge in [-0.25, -0.2) is 8.42 Å². The lowest BCUT2D eigenvalue weighted by Crippen LogP contribution is -2.13. The number of benzene rings is 1. The van der Waals surface area contributed by atoms with Crippen LogP contribution in [0.3, 0.4) is 0 Å². The van der Waals surface area contributed by atoms with E-state index in [0.29, 0.717) is 6.54 Å². The molecule has 0 aliphatic heterocycles. The fourth-order valence-electron chi connectivity index (χ4n) is 1.68. The highest BCUT2D eigenvalue weighted by atomic mass is 32.2. The Labute approximate surface area is 128 Å². The Morgan fingerprint density at radius 3 is 2.43 bits per heavy atom. The number of nitrogens with one attached hydrogen (secondary N) is 1. The molecule has 3 N–H and O–H groups in total. The van der Waals surface area contributed by atoms with Crippen LogP contribution in [0.5, 0.6) is 0 Å². The molecule has 0 aliphatic rings. The zero-order valence-electron chi connectivity index (χ0n) is 11.9. The highest BCUT2D eigenvalue weighted by molar-refractivity contribution is 7.93. The summed E-state index contributed by atoms with van der Waals surface area (Å²) >= 11 is 1.24. The third kappa shape index (κ3) is 3.99. The van der Waals surface area contributed by atoms with Crippen LogP contribution in [0.25, 0.3) is 0 Å². The Balaban J connectivity index is 2.17. The SMILES string of the molecule is CC(C)c1nnc(NS(=O)(=O)c2ccc(CCN)cc2)s1. The van der Waals surface area contributed by atoms with E-state index < -0.39 is 10.0 Å². The highest BCUT2D eigenvalue weighted by Crippen LogP contribution is 2.24. The maximum atomic E-state index is 12.3. The Morgan fingerprint density at radius 2 is 1.90 bits per heavy atom. The molecule has 21 heavy (non-hydrogen) atoms. The molecule has 0 bridgehead atoms. The molecule has 2 aromatic rings. The van der Waals surface area contributed by atoms with Crippen LogP contribution >= 0.6 is 11.3 Å². The molecule has 0 saturated heterocycles. The van der Waals surface area contributed by atoms with Crippen molar-refractivity contribution in [3.05, 3.63) is 34.8 Å². The van der Waals surface area contributed by atoms with Gasteiger partial charge in [0.1, 0.15) is 5.01 Å². The lowest BCUT2D eigenvalue weighted by atomic mass is 10.2. The molecule has 0 atom stereocenters. The second-order valence-corrected chi connectivity index (χ2v) is 7.58. The van der Waals surface area contributed by atoms with Crippen LogP contribution < -0.4 is 10.5 Å². The molecule has 8 heteroatoms. The van der Waals surface area contributed by atoms with Crippen LogP contribution in [0.4, 0.5) is 5.13 Å². The van der Waals surface area contributed by atoms with Gasteiger partial charge in [0, 0.05) is 5.92 Å². The zero-order chi connectivity index (χ0) is 15.5. The smallest absolute Gasteiger partial charge is 0.263 e. The number of hydrogen-bond acceptors (Lipinski definition) is 6. The average molecular weight is 326 g/mol. The Morgan fingerprint density at radius 1 is 1.24 bits per heavy atom. The van der Waals surface area contributed by atoms with Crippen molar-refractivity contribution in [2.45, 2.75) is 31.1 Å². The second-order valence-electron chi connectivity index (χ2n) is 4.89. The van der Waals surface area contributed by atoms with E-state index in [4.69, 9.17) is 5.73 Å². The van der Waals surface area contributed by atoms with Crippen LogP contribution in [-0.4, -0.2) is 25.2 Å². The Kier molecular flexibility index (Phi) is 4.92. The van der Waals surface area contributed by atoms with Gasteiger partial charge in [-0.05, 0) is 30.7 Å². The van der Waals surface area contributed by atoms with Gasteiger partial charge in [-0.15, -0.1) is 10.2 Å². The topological polar surface area (TPSA) is 98.0 Å². The van der Waals surface area contributed by atoms with E-state index in [0.717, 1.165) is 17.0 Å². The van der Waals surface area contributed by atoms with Gasteiger partial charge in [-0.1, -0.05) is 37.3 Å². The molecular weight excluding hydrogens is 308 g/mol. The van der Waals surface area contributed by atoms with Gasteiger partial charge in [0.15, 0.2) is 0 Å². The van der Waals surface area contributed by atoms with Gasteiger partial charge in [0.05, 0.1) is 4.90 Å². The minimum Gasteiger partial charge on any atom is -0.330 e. The first-order valence-corrected chi connectivity index (χ1v) is 8.87. The van der Waals surface area contributed by atoms with Gasteiger partial charge >= 0.3 is 0 Å². The average Bonchev–Trinajstić information content (AvgIpc) is 2.88. The van der Waals surface area contributed by atoms with Crippen molar-refractivity contribution in [3.63, 3.8) is 0 Å². The van der Waals surface area contributed by atoms with E-state index in [1.165, 1.54) is 11.3 Å². The van der Waals surface area contributed by atoms with Gasteiger partial charge in [-0.2, -0.15) is 0 Å². The van der Waals surface area contributed by atoms with Crippen molar-refractivity contribution in [2.75, 3.05) is 11.3 Å². The van der Waals surface area contributed by atoms with Crippen molar-refractivity contribution < 1.29 is 8.42 Å². The highest BCUT2D eigenvalue weighted by Gasteiger charge is 2.17. The number of aromatic nitrogens is 2. The van der Waals surface area contributed by atoms with E-state index in [1.807, 2.05) is 13.8 Å². The Hall–Kier alpha value is -1.51. The Bertz CT molecular complexity index is 693. The van der Waals surface area contributed by atoms with Gasteiger partial charge in [0.25, 0.3) is 10.0 Å². The first-order valence-electron chi connectivity index (χ1n) is 6.57. The third-order valence-corrected chi connectivity index (χ3v) is 5.45. The van der Waals surface area contributed by atoms with Crippen molar-refractivity contribution in [3.8, 4) is 0 Å². The van der Waals surface area contributed by atoms with Crippen molar-refractivity contribution in [1.29, 1.82) is 0 Å². The monoisotopic (exact) mass is 326 g/mol. The zero-order valence-corrected chi connectivity index (χ0v) is 13.5. The van der Waals surface area contributed by atoms with Crippen LogP contribution in [0, 0.1) is 0 Å². The fraction of sp³-hybridized carbons (Fsp3) is 0.385. The van der Waals surface area contributed by atoms with Gasteiger partial charge in [-0.3, -0.25) is 4.72 Å². The summed E-state index contributed by atoms with van der Waals surface area (Å²) < 4.78 is 27.0. The number of sulfonamides is 1. The number of nitrogens with zero attached hydrogens (tertiary/aromatic N) is 2. The lowest BCUT2D eigenvalue weighted by Gasteiger charge is -2.05. The van der Waals surface area contributed by atoms with Crippen LogP contribution in [0.2, 0.25) is 0 Å². The third-order valence-electron chi connectivity index (χ3n) is 2.82. The molecule has 0 spiro atoms. The largest absolute Gasteiger partial charge is 0.330 e. The number of hydrogen-bond donors (Lipinski definition) is 2. The molecule has 6 nitrogen and oxygen atoms in total. The van der Waals surface area contributed by atoms with Gasteiger partial charge < -0.3 is 5.73 Å². The maximum absolute atomic E-state index is 12.3. The summed E-state index contributed by atoms with van der Waals surface area (Å²) in [6.07, 6.45) is 0.724. The molecule has 2 rings (SSSR count).